The van der Waals surface area contributed by atoms with E-state index >= 15 is 0 Å². The largest absolute Gasteiger partial charge is 0.493 e. The Bertz CT molecular complexity index is 946. The van der Waals surface area contributed by atoms with Gasteiger partial charge in [0.05, 0.1) is 17.7 Å². The molecule has 2 rings (SSSR count). The number of rotatable bonds is 7. The van der Waals surface area contributed by atoms with Crippen LogP contribution in [0.1, 0.15) is 30.5 Å². The van der Waals surface area contributed by atoms with Crippen LogP contribution in [0.4, 0.5) is 5.69 Å². The summed E-state index contributed by atoms with van der Waals surface area (Å²) in [5.74, 6) is 0.709. The average molecular weight is 443 g/mol. The highest BCUT2D eigenvalue weighted by Crippen LogP contribution is 2.34. The average Bonchev–Trinajstić information content (AvgIpc) is 2.66. The lowest BCUT2D eigenvalue weighted by Gasteiger charge is -2.13. The topological polar surface area (TPSA) is 71.3 Å². The number of nitriles is 1. The molecular weight excluding hydrogens is 420 g/mol. The monoisotopic (exact) mass is 442 g/mol. The summed E-state index contributed by atoms with van der Waals surface area (Å²) in [6.07, 6.45) is 1.52. The SMILES string of the molecule is CCOc1cc(OCC)c(/C=C(\C#N)C(=O)Nc2ccc(C)c(C)c2)cc1Br. The lowest BCUT2D eigenvalue weighted by molar-refractivity contribution is -0.112. The van der Waals surface area contributed by atoms with Gasteiger partial charge in [0.15, 0.2) is 0 Å². The molecule has 0 fully saturated rings. The number of nitrogens with one attached hydrogen (secondary N) is 1. The van der Waals surface area contributed by atoms with E-state index < -0.39 is 5.91 Å². The number of nitrogens with zero attached hydrogens (tertiary/aromatic N) is 1. The summed E-state index contributed by atoms with van der Waals surface area (Å²) in [6.45, 7) is 8.70. The Morgan fingerprint density at radius 3 is 2.39 bits per heavy atom. The van der Waals surface area contributed by atoms with Crippen molar-refractivity contribution in [2.24, 2.45) is 0 Å². The molecule has 0 aliphatic heterocycles. The van der Waals surface area contributed by atoms with E-state index in [1.54, 1.807) is 12.1 Å². The molecule has 0 saturated carbocycles. The standard InChI is InChI=1S/C22H23BrN2O3/c1-5-27-20-12-21(28-6-2)19(23)11-16(20)10-17(13-24)22(26)25-18-8-7-14(3)15(4)9-18/h7-12H,5-6H2,1-4H3,(H,25,26)/b17-10+. The van der Waals surface area contributed by atoms with Crippen molar-refractivity contribution in [1.29, 1.82) is 5.26 Å². The Balaban J connectivity index is 2.36. The van der Waals surface area contributed by atoms with E-state index in [9.17, 15) is 10.1 Å². The first-order chi connectivity index (χ1) is 13.4. The van der Waals surface area contributed by atoms with Gasteiger partial charge in [-0.25, -0.2) is 0 Å². The van der Waals surface area contributed by atoms with Crippen LogP contribution >= 0.6 is 15.9 Å². The van der Waals surface area contributed by atoms with Crippen molar-refractivity contribution in [2.45, 2.75) is 27.7 Å². The number of ether oxygens (including phenoxy) is 2. The summed E-state index contributed by atoms with van der Waals surface area (Å²) < 4.78 is 11.9. The number of benzene rings is 2. The van der Waals surface area contributed by atoms with Crippen LogP contribution in [-0.2, 0) is 4.79 Å². The number of hydrogen-bond donors (Lipinski definition) is 1. The predicted molar refractivity (Wildman–Crippen MR) is 115 cm³/mol. The van der Waals surface area contributed by atoms with Crippen molar-refractivity contribution in [3.05, 3.63) is 57.1 Å². The van der Waals surface area contributed by atoms with E-state index in [2.05, 4.69) is 21.2 Å². The Hall–Kier alpha value is -2.78. The molecule has 5 nitrogen and oxygen atoms in total. The summed E-state index contributed by atoms with van der Waals surface area (Å²) in [5, 5.41) is 12.3. The van der Waals surface area contributed by atoms with Crippen molar-refractivity contribution in [3.63, 3.8) is 0 Å². The summed E-state index contributed by atoms with van der Waals surface area (Å²) in [5.41, 5.74) is 3.44. The second-order valence-corrected chi connectivity index (χ2v) is 6.96. The smallest absolute Gasteiger partial charge is 0.266 e. The minimum absolute atomic E-state index is 0.0183. The van der Waals surface area contributed by atoms with Crippen LogP contribution in [0.15, 0.2) is 40.4 Å². The zero-order valence-corrected chi connectivity index (χ0v) is 18.0. The number of anilines is 1. The fraction of sp³-hybridized carbons (Fsp3) is 0.273. The molecule has 0 aliphatic rings. The molecule has 146 valence electrons. The van der Waals surface area contributed by atoms with Gasteiger partial charge in [0.2, 0.25) is 0 Å². The van der Waals surface area contributed by atoms with E-state index in [4.69, 9.17) is 9.47 Å². The lowest BCUT2D eigenvalue weighted by Crippen LogP contribution is -2.13. The maximum atomic E-state index is 12.6. The molecule has 0 aromatic heterocycles. The molecule has 2 aromatic carbocycles. The van der Waals surface area contributed by atoms with Crippen LogP contribution in [0.2, 0.25) is 0 Å². The van der Waals surface area contributed by atoms with Gasteiger partial charge >= 0.3 is 0 Å². The van der Waals surface area contributed by atoms with E-state index in [1.807, 2.05) is 52.0 Å². The Labute approximate surface area is 174 Å². The van der Waals surface area contributed by atoms with Gasteiger partial charge in [-0.1, -0.05) is 6.07 Å². The highest BCUT2D eigenvalue weighted by atomic mass is 79.9. The third-order valence-electron chi connectivity index (χ3n) is 4.09. The van der Waals surface area contributed by atoms with Crippen molar-refractivity contribution in [3.8, 4) is 17.6 Å². The summed E-state index contributed by atoms with van der Waals surface area (Å²) in [7, 11) is 0. The van der Waals surface area contributed by atoms with Gasteiger partial charge in [-0.15, -0.1) is 0 Å². The van der Waals surface area contributed by atoms with Gasteiger partial charge < -0.3 is 14.8 Å². The Kier molecular flexibility index (Phi) is 7.65. The van der Waals surface area contributed by atoms with Crippen LogP contribution in [0.5, 0.6) is 11.5 Å². The maximum Gasteiger partial charge on any atom is 0.266 e. The third-order valence-corrected chi connectivity index (χ3v) is 4.71. The van der Waals surface area contributed by atoms with Crippen LogP contribution in [0, 0.1) is 25.2 Å². The number of amides is 1. The fourth-order valence-electron chi connectivity index (χ4n) is 2.53. The second kappa shape index (κ2) is 9.95. The van der Waals surface area contributed by atoms with E-state index in [-0.39, 0.29) is 5.57 Å². The molecule has 6 heteroatoms. The lowest BCUT2D eigenvalue weighted by atomic mass is 10.1. The van der Waals surface area contributed by atoms with Gasteiger partial charge in [-0.05, 0) is 79.0 Å². The molecular formula is C22H23BrN2O3. The van der Waals surface area contributed by atoms with Crippen LogP contribution in [0.3, 0.4) is 0 Å². The normalized spacial score (nSPS) is 10.9. The van der Waals surface area contributed by atoms with Crippen LogP contribution in [0.25, 0.3) is 6.08 Å². The van der Waals surface area contributed by atoms with Crippen LogP contribution in [-0.4, -0.2) is 19.1 Å². The quantitative estimate of drug-likeness (QED) is 0.459. The molecule has 2 aromatic rings. The second-order valence-electron chi connectivity index (χ2n) is 6.11. The van der Waals surface area contributed by atoms with E-state index in [0.29, 0.717) is 36.0 Å². The van der Waals surface area contributed by atoms with Gasteiger partial charge in [0.25, 0.3) is 5.91 Å². The van der Waals surface area contributed by atoms with Gasteiger partial charge in [-0.3, -0.25) is 4.79 Å². The maximum absolute atomic E-state index is 12.6. The first-order valence-corrected chi connectivity index (χ1v) is 9.78. The van der Waals surface area contributed by atoms with Crippen molar-refractivity contribution in [1.82, 2.24) is 0 Å². The molecule has 0 spiro atoms. The molecule has 0 unspecified atom stereocenters. The summed E-state index contributed by atoms with van der Waals surface area (Å²) in [6, 6.07) is 11.1. The zero-order chi connectivity index (χ0) is 20.7. The third kappa shape index (κ3) is 5.37. The molecule has 0 saturated heterocycles. The summed E-state index contributed by atoms with van der Waals surface area (Å²) in [4.78, 5) is 12.6. The van der Waals surface area contributed by atoms with E-state index in [0.717, 1.165) is 15.6 Å². The van der Waals surface area contributed by atoms with Crippen LogP contribution < -0.4 is 14.8 Å². The number of halogens is 1. The molecule has 0 atom stereocenters. The van der Waals surface area contributed by atoms with Gasteiger partial charge in [0, 0.05) is 17.3 Å². The molecule has 1 N–H and O–H groups in total. The summed E-state index contributed by atoms with van der Waals surface area (Å²) >= 11 is 3.46. The Morgan fingerprint density at radius 1 is 1.11 bits per heavy atom. The molecule has 0 heterocycles. The highest BCUT2D eigenvalue weighted by molar-refractivity contribution is 9.10. The number of carbonyl (C=O) groups excluding carboxylic acids is 1. The van der Waals surface area contributed by atoms with E-state index in [1.165, 1.54) is 6.08 Å². The predicted octanol–water partition coefficient (Wildman–Crippen LogP) is 5.41. The molecule has 0 radical (unpaired) electrons. The number of carbonyl (C=O) groups is 1. The first kappa shape index (κ1) is 21.5. The zero-order valence-electron chi connectivity index (χ0n) is 16.4. The molecule has 1 amide bonds. The van der Waals surface area contributed by atoms with Gasteiger partial charge in [-0.2, -0.15) is 5.26 Å². The molecule has 0 aliphatic carbocycles. The van der Waals surface area contributed by atoms with Gasteiger partial charge in [0.1, 0.15) is 23.1 Å². The van der Waals surface area contributed by atoms with Crippen molar-refractivity contribution >= 4 is 33.6 Å². The minimum atomic E-state index is -0.474. The highest BCUT2D eigenvalue weighted by Gasteiger charge is 2.14. The molecule has 0 bridgehead atoms. The fourth-order valence-corrected chi connectivity index (χ4v) is 3.01. The Morgan fingerprint density at radius 2 is 1.79 bits per heavy atom. The number of aryl methyl sites for hydroxylation is 2. The minimum Gasteiger partial charge on any atom is -0.493 e. The molecule has 28 heavy (non-hydrogen) atoms. The number of hydrogen-bond acceptors (Lipinski definition) is 4. The van der Waals surface area contributed by atoms with Crippen molar-refractivity contribution < 1.29 is 14.3 Å². The first-order valence-electron chi connectivity index (χ1n) is 8.99. The van der Waals surface area contributed by atoms with Crippen molar-refractivity contribution in [2.75, 3.05) is 18.5 Å².